The molecule has 0 aliphatic rings. The number of carbonyl (C=O) groups is 1. The summed E-state index contributed by atoms with van der Waals surface area (Å²) in [5, 5.41) is 9.35. The van der Waals surface area contributed by atoms with E-state index in [1.165, 1.54) is 5.52 Å². The Hall–Kier alpha value is -3.35. The molecule has 0 bridgehead atoms. The highest BCUT2D eigenvalue weighted by Crippen LogP contribution is 2.15. The number of fused-ring (bicyclic) bond motifs is 1. The van der Waals surface area contributed by atoms with E-state index in [9.17, 15) is 4.79 Å². The lowest BCUT2D eigenvalue weighted by molar-refractivity contribution is 0.0963. The minimum Gasteiger partial charge on any atom is -0.357 e. The molecule has 7 nitrogen and oxygen atoms in total. The van der Waals surface area contributed by atoms with E-state index in [4.69, 9.17) is 4.99 Å². The van der Waals surface area contributed by atoms with Crippen LogP contribution in [0.3, 0.4) is 0 Å². The highest BCUT2D eigenvalue weighted by atomic mass is 16.1. The van der Waals surface area contributed by atoms with Gasteiger partial charge in [-0.2, -0.15) is 0 Å². The molecule has 1 amide bonds. The molecule has 1 heterocycles. The minimum atomic E-state index is -0.0642. The highest BCUT2D eigenvalue weighted by Gasteiger charge is 2.06. The number of nitrogens with zero attached hydrogens (tertiary/aromatic N) is 3. The molecular weight excluding hydrogens is 388 g/mol. The number of imidazole rings is 1. The number of para-hydroxylation sites is 2. The third-order valence-corrected chi connectivity index (χ3v) is 5.12. The first-order chi connectivity index (χ1) is 15.1. The summed E-state index contributed by atoms with van der Waals surface area (Å²) in [4.78, 5) is 21.1. The summed E-state index contributed by atoms with van der Waals surface area (Å²) < 4.78 is 2.25. The van der Waals surface area contributed by atoms with E-state index in [2.05, 4.69) is 50.6 Å². The molecule has 0 saturated carbocycles. The molecule has 2 aromatic carbocycles. The molecule has 164 valence electrons. The van der Waals surface area contributed by atoms with Crippen molar-refractivity contribution in [2.24, 2.45) is 4.99 Å². The van der Waals surface area contributed by atoms with Gasteiger partial charge >= 0.3 is 0 Å². The maximum atomic E-state index is 11.8. The van der Waals surface area contributed by atoms with Gasteiger partial charge in [0.1, 0.15) is 5.82 Å². The van der Waals surface area contributed by atoms with Gasteiger partial charge in [-0.3, -0.25) is 9.79 Å². The average Bonchev–Trinajstić information content (AvgIpc) is 3.11. The van der Waals surface area contributed by atoms with E-state index in [-0.39, 0.29) is 5.91 Å². The minimum absolute atomic E-state index is 0.0642. The van der Waals surface area contributed by atoms with Crippen LogP contribution in [0.5, 0.6) is 0 Å². The van der Waals surface area contributed by atoms with E-state index in [1.807, 2.05) is 37.3 Å². The third-order valence-electron chi connectivity index (χ3n) is 5.12. The van der Waals surface area contributed by atoms with Gasteiger partial charge in [0.2, 0.25) is 0 Å². The van der Waals surface area contributed by atoms with Crippen LogP contribution >= 0.6 is 0 Å². The molecule has 3 N–H and O–H groups in total. The van der Waals surface area contributed by atoms with E-state index < -0.39 is 0 Å². The number of nitrogens with one attached hydrogen (secondary N) is 3. The highest BCUT2D eigenvalue weighted by molar-refractivity contribution is 5.94. The van der Waals surface area contributed by atoms with Crippen molar-refractivity contribution in [3.05, 3.63) is 65.5 Å². The van der Waals surface area contributed by atoms with Gasteiger partial charge in [0, 0.05) is 38.8 Å². The largest absolute Gasteiger partial charge is 0.357 e. The van der Waals surface area contributed by atoms with Gasteiger partial charge in [0.05, 0.1) is 11.0 Å². The molecule has 0 aliphatic heterocycles. The van der Waals surface area contributed by atoms with Crippen molar-refractivity contribution in [3.8, 4) is 0 Å². The van der Waals surface area contributed by atoms with Gasteiger partial charge in [0.15, 0.2) is 5.96 Å². The number of hydrogen-bond donors (Lipinski definition) is 3. The number of rotatable bonds is 9. The summed E-state index contributed by atoms with van der Waals surface area (Å²) in [5.41, 5.74) is 4.02. The number of aliphatic imine (C=N–C) groups is 1. The summed E-state index contributed by atoms with van der Waals surface area (Å²) >= 11 is 0. The first kappa shape index (κ1) is 22.3. The fraction of sp³-hybridized carbons (Fsp3) is 0.375. The van der Waals surface area contributed by atoms with Gasteiger partial charge in [-0.25, -0.2) is 4.98 Å². The maximum absolute atomic E-state index is 11.8. The Morgan fingerprint density at radius 2 is 1.97 bits per heavy atom. The van der Waals surface area contributed by atoms with Crippen LogP contribution in [0.2, 0.25) is 0 Å². The Labute approximate surface area is 184 Å². The van der Waals surface area contributed by atoms with Crippen LogP contribution in [0.1, 0.15) is 35.1 Å². The molecular formula is C24H32N6O. The second kappa shape index (κ2) is 11.2. The van der Waals surface area contributed by atoms with Gasteiger partial charge < -0.3 is 20.5 Å². The second-order valence-electron chi connectivity index (χ2n) is 7.37. The first-order valence-electron chi connectivity index (χ1n) is 10.9. The molecule has 1 aromatic heterocycles. The SMILES string of the molecule is CCNC(=NCCCn1c(C)nc2ccccc21)NCCc1cccc(C(=O)NC)c1. The van der Waals surface area contributed by atoms with Crippen molar-refractivity contribution in [3.63, 3.8) is 0 Å². The van der Waals surface area contributed by atoms with Crippen LogP contribution in [0.25, 0.3) is 11.0 Å². The van der Waals surface area contributed by atoms with Gasteiger partial charge in [-0.05, 0) is 56.5 Å². The standard InChI is InChI=1S/C24H32N6O/c1-4-26-24(28-15-13-19-9-7-10-20(17-19)23(31)25-3)27-14-8-16-30-18(2)29-21-11-5-6-12-22(21)30/h5-7,9-12,17H,4,8,13-16H2,1-3H3,(H,25,31)(H2,26,27,28). The topological polar surface area (TPSA) is 83.3 Å². The number of benzene rings is 2. The molecule has 0 saturated heterocycles. The third kappa shape index (κ3) is 6.07. The number of hydrogen-bond acceptors (Lipinski definition) is 3. The Kier molecular flexibility index (Phi) is 8.04. The maximum Gasteiger partial charge on any atom is 0.251 e. The lowest BCUT2D eigenvalue weighted by Crippen LogP contribution is -2.38. The molecule has 3 rings (SSSR count). The molecule has 0 spiro atoms. The first-order valence-corrected chi connectivity index (χ1v) is 10.9. The lowest BCUT2D eigenvalue weighted by atomic mass is 10.1. The van der Waals surface area contributed by atoms with Crippen molar-refractivity contribution >= 4 is 22.9 Å². The molecule has 0 unspecified atom stereocenters. The van der Waals surface area contributed by atoms with Crippen molar-refractivity contribution in [1.29, 1.82) is 0 Å². The fourth-order valence-electron chi connectivity index (χ4n) is 3.58. The zero-order chi connectivity index (χ0) is 22.1. The van der Waals surface area contributed by atoms with E-state index in [1.54, 1.807) is 7.05 Å². The molecule has 0 radical (unpaired) electrons. The quantitative estimate of drug-likeness (QED) is 0.282. The van der Waals surface area contributed by atoms with Crippen LogP contribution < -0.4 is 16.0 Å². The lowest BCUT2D eigenvalue weighted by Gasteiger charge is -2.12. The number of guanidine groups is 1. The fourth-order valence-corrected chi connectivity index (χ4v) is 3.58. The smallest absolute Gasteiger partial charge is 0.251 e. The predicted molar refractivity (Wildman–Crippen MR) is 127 cm³/mol. The van der Waals surface area contributed by atoms with Gasteiger partial charge in [-0.15, -0.1) is 0 Å². The predicted octanol–water partition coefficient (Wildman–Crippen LogP) is 2.89. The molecule has 0 aliphatic carbocycles. The van der Waals surface area contributed by atoms with Crippen LogP contribution in [0, 0.1) is 6.92 Å². The molecule has 0 fully saturated rings. The van der Waals surface area contributed by atoms with Crippen molar-refractivity contribution in [2.75, 3.05) is 26.7 Å². The van der Waals surface area contributed by atoms with Gasteiger partial charge in [0.25, 0.3) is 5.91 Å². The van der Waals surface area contributed by atoms with Crippen molar-refractivity contribution in [1.82, 2.24) is 25.5 Å². The summed E-state index contributed by atoms with van der Waals surface area (Å²) in [6.07, 6.45) is 1.75. The Bertz CT molecular complexity index is 1040. The number of carbonyl (C=O) groups excluding carboxylic acids is 1. The normalized spacial score (nSPS) is 11.5. The summed E-state index contributed by atoms with van der Waals surface area (Å²) in [5.74, 6) is 1.79. The second-order valence-corrected chi connectivity index (χ2v) is 7.37. The summed E-state index contributed by atoms with van der Waals surface area (Å²) in [6, 6.07) is 16.0. The van der Waals surface area contributed by atoms with E-state index in [0.29, 0.717) is 5.56 Å². The molecule has 7 heteroatoms. The van der Waals surface area contributed by atoms with Crippen molar-refractivity contribution in [2.45, 2.75) is 33.2 Å². The average molecular weight is 421 g/mol. The Morgan fingerprint density at radius 3 is 2.77 bits per heavy atom. The van der Waals surface area contributed by atoms with Crippen LogP contribution in [0.15, 0.2) is 53.5 Å². The Morgan fingerprint density at radius 1 is 1.13 bits per heavy atom. The molecule has 0 atom stereocenters. The van der Waals surface area contributed by atoms with E-state index in [0.717, 1.165) is 61.9 Å². The number of aromatic nitrogens is 2. The van der Waals surface area contributed by atoms with Gasteiger partial charge in [-0.1, -0.05) is 24.3 Å². The molecule has 31 heavy (non-hydrogen) atoms. The summed E-state index contributed by atoms with van der Waals surface area (Å²) in [6.45, 7) is 7.28. The Balaban J connectivity index is 1.51. The van der Waals surface area contributed by atoms with Crippen LogP contribution in [0.4, 0.5) is 0 Å². The van der Waals surface area contributed by atoms with Crippen LogP contribution in [-0.4, -0.2) is 48.1 Å². The monoisotopic (exact) mass is 420 g/mol. The van der Waals surface area contributed by atoms with E-state index >= 15 is 0 Å². The number of aryl methyl sites for hydroxylation is 2. The van der Waals surface area contributed by atoms with Crippen LogP contribution in [-0.2, 0) is 13.0 Å². The van der Waals surface area contributed by atoms with Crippen molar-refractivity contribution < 1.29 is 4.79 Å². The molecule has 3 aromatic rings. The summed E-state index contributed by atoms with van der Waals surface area (Å²) in [7, 11) is 1.65. The number of amides is 1. The zero-order valence-corrected chi connectivity index (χ0v) is 18.6. The zero-order valence-electron chi connectivity index (χ0n) is 18.6.